The molecule has 0 unspecified atom stereocenters. The first-order valence-corrected chi connectivity index (χ1v) is 41.4. The summed E-state index contributed by atoms with van der Waals surface area (Å²) < 4.78 is 121. The maximum Gasteiger partial charge on any atom is 0.410 e. The van der Waals surface area contributed by atoms with Crippen molar-refractivity contribution in [3.05, 3.63) is 24.0 Å². The van der Waals surface area contributed by atoms with E-state index in [2.05, 4.69) is 38.8 Å². The molecule has 2 aromatic heterocycles. The Kier molecular flexibility index (Phi) is 58.4. The first kappa shape index (κ1) is 105. The van der Waals surface area contributed by atoms with E-state index in [1.807, 2.05) is 68.4 Å². The first-order valence-electron chi connectivity index (χ1n) is 41.4. The summed E-state index contributed by atoms with van der Waals surface area (Å²) >= 11 is 0. The minimum atomic E-state index is -0.614. The molecule has 1 saturated heterocycles. The zero-order chi connectivity index (χ0) is 85.5. The fraction of sp³-hybridized carbons (Fsp3) is 0.817. The van der Waals surface area contributed by atoms with E-state index in [1.165, 1.54) is 4.90 Å². The quantitative estimate of drug-likeness (QED) is 0.0238. The average Bonchev–Trinajstić information content (AvgIpc) is 1.67. The lowest BCUT2D eigenvalue weighted by Gasteiger charge is -2.36. The molecule has 4 rings (SSSR count). The third kappa shape index (κ3) is 57.9. The zero-order valence-electron chi connectivity index (χ0n) is 72.9. The molecule has 0 saturated carbocycles. The highest BCUT2D eigenvalue weighted by Crippen LogP contribution is 2.31. The number of piperazine rings is 1. The molecule has 676 valence electrons. The number of carbonyl (C=O) groups is 5. The topological polar surface area (TPSA) is 369 Å². The fourth-order valence-electron chi connectivity index (χ4n) is 10.4. The van der Waals surface area contributed by atoms with E-state index in [9.17, 15) is 24.0 Å². The van der Waals surface area contributed by atoms with Gasteiger partial charge in [0.15, 0.2) is 0 Å². The lowest BCUT2D eigenvalue weighted by atomic mass is 10.1. The molecule has 1 aliphatic rings. The van der Waals surface area contributed by atoms with Crippen LogP contribution < -0.4 is 10.6 Å². The smallest absolute Gasteiger partial charge is 0.410 e. The predicted octanol–water partition coefficient (Wildman–Crippen LogP) is 7.58. The normalized spacial score (nSPS) is 13.0. The Hall–Kier alpha value is -5.91. The Morgan fingerprint density at radius 2 is 0.735 bits per heavy atom. The molecule has 35 nitrogen and oxygen atoms in total. The predicted molar refractivity (Wildman–Crippen MR) is 440 cm³/mol. The number of aldehydes is 1. The van der Waals surface area contributed by atoms with Gasteiger partial charge in [-0.25, -0.2) is 19.6 Å². The maximum atomic E-state index is 13.0. The van der Waals surface area contributed by atoms with Gasteiger partial charge in [-0.2, -0.15) is 0 Å². The van der Waals surface area contributed by atoms with Crippen molar-refractivity contribution in [1.82, 2.24) is 29.7 Å². The van der Waals surface area contributed by atoms with E-state index in [1.54, 1.807) is 25.7 Å². The number of nitrogens with zero attached hydrogens (tertiary/aromatic N) is 6. The summed E-state index contributed by atoms with van der Waals surface area (Å²) in [6.07, 6.45) is 3.32. The number of carbonyl (C=O) groups excluding carboxylic acids is 5. The number of ether oxygens (including phenoxy) is 22. The molecular formula is C82H146N8O27. The van der Waals surface area contributed by atoms with Crippen LogP contribution in [0.3, 0.4) is 0 Å². The second kappa shape index (κ2) is 64.9. The fourth-order valence-corrected chi connectivity index (χ4v) is 10.4. The zero-order valence-corrected chi connectivity index (χ0v) is 72.9. The lowest BCUT2D eigenvalue weighted by molar-refractivity contribution is -0.157. The van der Waals surface area contributed by atoms with Gasteiger partial charge >= 0.3 is 24.1 Å². The highest BCUT2D eigenvalue weighted by atomic mass is 16.6. The number of anilines is 2. The number of amides is 2. The van der Waals surface area contributed by atoms with Gasteiger partial charge in [-0.3, -0.25) is 14.5 Å². The minimum absolute atomic E-state index is 0.0155. The van der Waals surface area contributed by atoms with Crippen molar-refractivity contribution in [2.75, 3.05) is 307 Å². The molecule has 3 N–H and O–H groups in total. The number of aromatic amines is 1. The molecule has 0 aliphatic carbocycles. The number of nitrogens with one attached hydrogen (secondary N) is 1. The standard InChI is InChI=1S/C50H85N7O13.C32H61NO14/c1-8-9-10-43-53-45-41-39-40(11-12-42(41)52-47(51)46(45)54-43)56-16-14-55(15-17-56)18-22-61-23-19-57(48(59)70-50(5,6)7)20-24-62-26-28-64-30-32-66-34-36-68-38-37-67-35-33-65-31-29-63-27-25-60-21-13-44(58)69-49(2,3)4;1-31(2,3)46-29(35)7-11-37-15-17-40-19-21-42-23-25-44-27-28-45-26-24-43-22-20-41-18-16-39-13-9-33(8-12-38-14-10-34)30(36)47-32(4,5)6/h11-12,39H,8-10,13-38H2,1-7H3,(H2,51,52)(H,53,54);10H,7-9,11-28H2,1-6H3. The summed E-state index contributed by atoms with van der Waals surface area (Å²) in [6.45, 7) is 44.8. The first-order chi connectivity index (χ1) is 56.2. The van der Waals surface area contributed by atoms with Crippen LogP contribution >= 0.6 is 0 Å². The van der Waals surface area contributed by atoms with Gasteiger partial charge in [0.05, 0.1) is 250 Å². The molecule has 0 bridgehead atoms. The van der Waals surface area contributed by atoms with Gasteiger partial charge < -0.3 is 134 Å². The van der Waals surface area contributed by atoms with Crippen LogP contribution in [0.4, 0.5) is 21.1 Å². The largest absolute Gasteiger partial charge is 0.460 e. The number of aromatic nitrogens is 3. The third-order valence-electron chi connectivity index (χ3n) is 16.0. The van der Waals surface area contributed by atoms with Crippen molar-refractivity contribution >= 4 is 63.9 Å². The van der Waals surface area contributed by atoms with Gasteiger partial charge in [0.2, 0.25) is 0 Å². The maximum absolute atomic E-state index is 13.0. The number of nitrogen functional groups attached to an aromatic ring is 1. The summed E-state index contributed by atoms with van der Waals surface area (Å²) in [7, 11) is 0. The molecule has 0 spiro atoms. The Labute approximate surface area is 694 Å². The summed E-state index contributed by atoms with van der Waals surface area (Å²) in [5, 5.41) is 1.02. The van der Waals surface area contributed by atoms with Crippen LogP contribution in [0, 0.1) is 0 Å². The van der Waals surface area contributed by atoms with E-state index in [0.29, 0.717) is 263 Å². The van der Waals surface area contributed by atoms with Gasteiger partial charge in [0.25, 0.3) is 0 Å². The number of imidazole rings is 1. The molecule has 1 aromatic carbocycles. The van der Waals surface area contributed by atoms with Crippen molar-refractivity contribution in [3.8, 4) is 0 Å². The number of pyridine rings is 1. The number of esters is 2. The molecule has 2 amide bonds. The van der Waals surface area contributed by atoms with Crippen LogP contribution in [0.2, 0.25) is 0 Å². The van der Waals surface area contributed by atoms with Crippen LogP contribution in [-0.2, 0) is 125 Å². The van der Waals surface area contributed by atoms with E-state index in [0.717, 1.165) is 85.4 Å². The Balaban J connectivity index is 0.000000658. The van der Waals surface area contributed by atoms with E-state index < -0.39 is 34.6 Å². The Morgan fingerprint density at radius 1 is 0.419 bits per heavy atom. The summed E-state index contributed by atoms with van der Waals surface area (Å²) in [6, 6.07) is 6.36. The summed E-state index contributed by atoms with van der Waals surface area (Å²) in [4.78, 5) is 79.9. The number of hydrogen-bond donors (Lipinski definition) is 2. The number of aryl methyl sites for hydroxylation is 1. The van der Waals surface area contributed by atoms with Crippen molar-refractivity contribution in [1.29, 1.82) is 0 Å². The number of nitrogens with two attached hydrogens (primary N) is 1. The van der Waals surface area contributed by atoms with E-state index in [4.69, 9.17) is 115 Å². The van der Waals surface area contributed by atoms with Gasteiger partial charge in [0.1, 0.15) is 58.0 Å². The average molecular weight is 1680 g/mol. The molecule has 117 heavy (non-hydrogen) atoms. The summed E-state index contributed by atoms with van der Waals surface area (Å²) in [5.41, 5.74) is 7.82. The minimum Gasteiger partial charge on any atom is -0.460 e. The number of H-pyrrole nitrogens is 1. The van der Waals surface area contributed by atoms with Crippen LogP contribution in [-0.4, -0.2) is 379 Å². The molecule has 3 aromatic rings. The van der Waals surface area contributed by atoms with Crippen LogP contribution in [0.5, 0.6) is 0 Å². The van der Waals surface area contributed by atoms with Crippen molar-refractivity contribution in [3.63, 3.8) is 0 Å². The number of rotatable bonds is 69. The van der Waals surface area contributed by atoms with Crippen molar-refractivity contribution in [2.24, 2.45) is 0 Å². The SMILES string of the molecule is CC(C)(C)OC(=O)CCOCCOCCOCCOCCOCCOCCOCCOCCN(CCOCC=O)C(=O)OC(C)(C)C.CCCCc1nc2c([nH]1)c(N)nc1ccc(N3CCN(CCOCCN(CCOCCOCCOCCOCCOCCOCCOCCOCCC(=O)OC(C)(C)C)C(=O)OC(C)(C)C)CC3)cc12. The molecule has 3 heterocycles. The number of fused-ring (bicyclic) bond motifs is 3. The molecule has 0 atom stereocenters. The second-order valence-corrected chi connectivity index (χ2v) is 30.8. The van der Waals surface area contributed by atoms with Crippen molar-refractivity contribution < 1.29 is 128 Å². The molecular weight excluding hydrogens is 1530 g/mol. The van der Waals surface area contributed by atoms with Crippen LogP contribution in [0.25, 0.3) is 21.9 Å². The van der Waals surface area contributed by atoms with Crippen LogP contribution in [0.1, 0.15) is 122 Å². The monoisotopic (exact) mass is 1680 g/mol. The van der Waals surface area contributed by atoms with E-state index >= 15 is 0 Å². The molecule has 1 fully saturated rings. The molecule has 35 heteroatoms. The summed E-state index contributed by atoms with van der Waals surface area (Å²) in [5.74, 6) is 0.893. The van der Waals surface area contributed by atoms with E-state index in [-0.39, 0.29) is 38.0 Å². The second-order valence-electron chi connectivity index (χ2n) is 30.8. The van der Waals surface area contributed by atoms with Crippen LogP contribution in [0.15, 0.2) is 18.2 Å². The van der Waals surface area contributed by atoms with Gasteiger partial charge in [-0.1, -0.05) is 13.3 Å². The number of benzene rings is 1. The third-order valence-corrected chi connectivity index (χ3v) is 16.0. The van der Waals surface area contributed by atoms with Crippen molar-refractivity contribution in [2.45, 2.75) is 145 Å². The van der Waals surface area contributed by atoms with Gasteiger partial charge in [-0.05, 0) is 108 Å². The Bertz CT molecular complexity index is 3010. The molecule has 0 radical (unpaired) electrons. The highest BCUT2D eigenvalue weighted by molar-refractivity contribution is 6.07. The lowest BCUT2D eigenvalue weighted by Crippen LogP contribution is -2.47. The van der Waals surface area contributed by atoms with Gasteiger partial charge in [0, 0.05) is 76.4 Å². The number of hydrogen-bond acceptors (Lipinski definition) is 32. The van der Waals surface area contributed by atoms with Gasteiger partial charge in [-0.15, -0.1) is 0 Å². The Morgan fingerprint density at radius 3 is 1.06 bits per heavy atom. The number of unbranched alkanes of at least 4 members (excludes halogenated alkanes) is 1. The molecule has 1 aliphatic heterocycles. The highest BCUT2D eigenvalue weighted by Gasteiger charge is 2.26.